The quantitative estimate of drug-likeness (QED) is 0.765. The number of aliphatic hydroxyl groups excluding tert-OH is 1. The van der Waals surface area contributed by atoms with Crippen LogP contribution in [0.15, 0.2) is 0 Å². The SMILES string of the molecule is CC(C)(C)C(=O)N1CCC(NCCCC2CCCCC2O)CC1. The zero-order valence-corrected chi connectivity index (χ0v) is 15.3. The molecule has 0 radical (unpaired) electrons. The normalized spacial score (nSPS) is 27.2. The predicted molar refractivity (Wildman–Crippen MR) is 94.3 cm³/mol. The molecule has 1 aliphatic heterocycles. The van der Waals surface area contributed by atoms with Crippen LogP contribution in [0, 0.1) is 11.3 Å². The first-order valence-electron chi connectivity index (χ1n) is 9.59. The standard InChI is InChI=1S/C19H36N2O2/c1-19(2,3)18(23)21-13-10-16(11-14-21)20-12-6-8-15-7-4-5-9-17(15)22/h15-17,20,22H,4-14H2,1-3H3. The summed E-state index contributed by atoms with van der Waals surface area (Å²) in [5, 5.41) is 13.7. The van der Waals surface area contributed by atoms with Crippen molar-refractivity contribution < 1.29 is 9.90 Å². The Balaban J connectivity index is 1.59. The lowest BCUT2D eigenvalue weighted by atomic mass is 9.83. The second-order valence-corrected chi connectivity index (χ2v) is 8.52. The Morgan fingerprint density at radius 1 is 1.13 bits per heavy atom. The van der Waals surface area contributed by atoms with Crippen molar-refractivity contribution in [1.82, 2.24) is 10.2 Å². The van der Waals surface area contributed by atoms with Crippen molar-refractivity contribution in [2.24, 2.45) is 11.3 Å². The molecule has 4 nitrogen and oxygen atoms in total. The monoisotopic (exact) mass is 324 g/mol. The largest absolute Gasteiger partial charge is 0.393 e. The fraction of sp³-hybridized carbons (Fsp3) is 0.947. The summed E-state index contributed by atoms with van der Waals surface area (Å²) in [7, 11) is 0. The van der Waals surface area contributed by atoms with Gasteiger partial charge in [0.1, 0.15) is 0 Å². The van der Waals surface area contributed by atoms with Crippen LogP contribution >= 0.6 is 0 Å². The number of rotatable bonds is 5. The lowest BCUT2D eigenvalue weighted by Gasteiger charge is -2.36. The van der Waals surface area contributed by atoms with Gasteiger partial charge in [-0.3, -0.25) is 4.79 Å². The van der Waals surface area contributed by atoms with Gasteiger partial charge in [-0.05, 0) is 51.0 Å². The molecule has 0 aromatic heterocycles. The number of carbonyl (C=O) groups is 1. The molecule has 1 saturated carbocycles. The van der Waals surface area contributed by atoms with Crippen LogP contribution in [-0.2, 0) is 4.79 Å². The third kappa shape index (κ3) is 5.75. The van der Waals surface area contributed by atoms with E-state index < -0.39 is 0 Å². The van der Waals surface area contributed by atoms with E-state index in [1.165, 1.54) is 19.3 Å². The Morgan fingerprint density at radius 2 is 1.78 bits per heavy atom. The topological polar surface area (TPSA) is 52.6 Å². The molecule has 2 unspecified atom stereocenters. The number of amides is 1. The maximum Gasteiger partial charge on any atom is 0.227 e. The number of nitrogens with zero attached hydrogens (tertiary/aromatic N) is 1. The van der Waals surface area contributed by atoms with Gasteiger partial charge in [-0.2, -0.15) is 0 Å². The summed E-state index contributed by atoms with van der Waals surface area (Å²) in [6.45, 7) is 8.81. The first-order valence-corrected chi connectivity index (χ1v) is 9.59. The van der Waals surface area contributed by atoms with Crippen LogP contribution in [0.4, 0.5) is 0 Å². The van der Waals surface area contributed by atoms with Crippen molar-refractivity contribution in [2.75, 3.05) is 19.6 Å². The smallest absolute Gasteiger partial charge is 0.227 e. The number of carbonyl (C=O) groups excluding carboxylic acids is 1. The van der Waals surface area contributed by atoms with Crippen LogP contribution < -0.4 is 5.32 Å². The summed E-state index contributed by atoms with van der Waals surface area (Å²) < 4.78 is 0. The van der Waals surface area contributed by atoms with Gasteiger partial charge < -0.3 is 15.3 Å². The molecule has 2 fully saturated rings. The summed E-state index contributed by atoms with van der Waals surface area (Å²) >= 11 is 0. The highest BCUT2D eigenvalue weighted by Crippen LogP contribution is 2.27. The molecule has 0 bridgehead atoms. The van der Waals surface area contributed by atoms with Gasteiger partial charge in [0.2, 0.25) is 5.91 Å². The van der Waals surface area contributed by atoms with Crippen molar-refractivity contribution in [1.29, 1.82) is 0 Å². The molecule has 1 aliphatic carbocycles. The lowest BCUT2D eigenvalue weighted by molar-refractivity contribution is -0.140. The van der Waals surface area contributed by atoms with Crippen LogP contribution in [0.2, 0.25) is 0 Å². The van der Waals surface area contributed by atoms with Crippen LogP contribution in [0.1, 0.15) is 72.1 Å². The Labute approximate surface area is 142 Å². The molecule has 2 N–H and O–H groups in total. The molecule has 1 heterocycles. The molecule has 1 amide bonds. The number of piperidine rings is 1. The molecule has 2 aliphatic rings. The van der Waals surface area contributed by atoms with Crippen molar-refractivity contribution in [2.45, 2.75) is 84.3 Å². The Kier molecular flexibility index (Phi) is 6.90. The molecule has 2 atom stereocenters. The van der Waals surface area contributed by atoms with Gasteiger partial charge in [-0.15, -0.1) is 0 Å². The third-order valence-corrected chi connectivity index (χ3v) is 5.48. The first-order chi connectivity index (χ1) is 10.9. The van der Waals surface area contributed by atoms with E-state index in [2.05, 4.69) is 5.32 Å². The van der Waals surface area contributed by atoms with Crippen molar-refractivity contribution >= 4 is 5.91 Å². The molecular formula is C19H36N2O2. The van der Waals surface area contributed by atoms with E-state index in [9.17, 15) is 9.90 Å². The summed E-state index contributed by atoms with van der Waals surface area (Å²) in [4.78, 5) is 14.3. The van der Waals surface area contributed by atoms with Gasteiger partial charge >= 0.3 is 0 Å². The number of likely N-dealkylation sites (tertiary alicyclic amines) is 1. The number of hydrogen-bond acceptors (Lipinski definition) is 3. The highest BCUT2D eigenvalue weighted by Gasteiger charge is 2.30. The Morgan fingerprint density at radius 3 is 2.39 bits per heavy atom. The zero-order valence-electron chi connectivity index (χ0n) is 15.3. The molecule has 23 heavy (non-hydrogen) atoms. The van der Waals surface area contributed by atoms with E-state index in [0.717, 1.165) is 51.7 Å². The summed E-state index contributed by atoms with van der Waals surface area (Å²) in [5.74, 6) is 0.805. The number of nitrogens with one attached hydrogen (secondary N) is 1. The van der Waals surface area contributed by atoms with E-state index in [4.69, 9.17) is 0 Å². The van der Waals surface area contributed by atoms with E-state index in [1.54, 1.807) is 0 Å². The van der Waals surface area contributed by atoms with E-state index in [0.29, 0.717) is 12.0 Å². The maximum absolute atomic E-state index is 12.3. The lowest BCUT2D eigenvalue weighted by Crippen LogP contribution is -2.48. The van der Waals surface area contributed by atoms with Gasteiger partial charge in [0, 0.05) is 24.5 Å². The van der Waals surface area contributed by atoms with Crippen molar-refractivity contribution in [3.05, 3.63) is 0 Å². The average molecular weight is 325 g/mol. The molecule has 0 spiro atoms. The summed E-state index contributed by atoms with van der Waals surface area (Å²) in [5.41, 5.74) is -0.263. The minimum atomic E-state index is -0.263. The van der Waals surface area contributed by atoms with Gasteiger partial charge in [-0.1, -0.05) is 33.6 Å². The first kappa shape index (κ1) is 18.7. The fourth-order valence-corrected chi connectivity index (χ4v) is 3.96. The van der Waals surface area contributed by atoms with Crippen molar-refractivity contribution in [3.63, 3.8) is 0 Å². The molecule has 2 rings (SSSR count). The number of hydrogen-bond donors (Lipinski definition) is 2. The maximum atomic E-state index is 12.3. The molecule has 1 saturated heterocycles. The molecular weight excluding hydrogens is 288 g/mol. The minimum absolute atomic E-state index is 0.0598. The van der Waals surface area contributed by atoms with Crippen molar-refractivity contribution in [3.8, 4) is 0 Å². The van der Waals surface area contributed by atoms with Gasteiger partial charge in [-0.25, -0.2) is 0 Å². The van der Waals surface area contributed by atoms with Crippen LogP contribution in [0.3, 0.4) is 0 Å². The second kappa shape index (κ2) is 8.48. The van der Waals surface area contributed by atoms with Gasteiger partial charge in [0.05, 0.1) is 6.10 Å². The summed E-state index contributed by atoms with van der Waals surface area (Å²) in [6, 6.07) is 0.551. The molecule has 0 aromatic rings. The van der Waals surface area contributed by atoms with E-state index in [1.807, 2.05) is 25.7 Å². The zero-order chi connectivity index (χ0) is 16.9. The molecule has 134 valence electrons. The predicted octanol–water partition coefficient (Wildman–Crippen LogP) is 2.94. The highest BCUT2D eigenvalue weighted by molar-refractivity contribution is 5.81. The van der Waals surface area contributed by atoms with Gasteiger partial charge in [0.15, 0.2) is 0 Å². The van der Waals surface area contributed by atoms with Crippen LogP contribution in [0.25, 0.3) is 0 Å². The number of aliphatic hydroxyl groups is 1. The van der Waals surface area contributed by atoms with Crippen LogP contribution in [0.5, 0.6) is 0 Å². The Hall–Kier alpha value is -0.610. The fourth-order valence-electron chi connectivity index (χ4n) is 3.96. The molecule has 0 aromatic carbocycles. The molecule has 4 heteroatoms. The van der Waals surface area contributed by atoms with E-state index in [-0.39, 0.29) is 17.4 Å². The highest BCUT2D eigenvalue weighted by atomic mass is 16.3. The van der Waals surface area contributed by atoms with Gasteiger partial charge in [0.25, 0.3) is 0 Å². The van der Waals surface area contributed by atoms with Crippen LogP contribution in [-0.4, -0.2) is 47.7 Å². The third-order valence-electron chi connectivity index (χ3n) is 5.48. The Bertz CT molecular complexity index is 370. The minimum Gasteiger partial charge on any atom is -0.393 e. The summed E-state index contributed by atoms with van der Waals surface area (Å²) in [6.07, 6.45) is 9.06. The van der Waals surface area contributed by atoms with E-state index >= 15 is 0 Å². The second-order valence-electron chi connectivity index (χ2n) is 8.52. The average Bonchev–Trinajstić information content (AvgIpc) is 2.52.